The largest absolute Gasteiger partial charge is 0.465 e. The molecule has 134 valence electrons. The molecule has 0 unspecified atom stereocenters. The lowest BCUT2D eigenvalue weighted by atomic mass is 10.1. The maximum absolute atomic E-state index is 12.2. The second-order valence-corrected chi connectivity index (χ2v) is 5.89. The van der Waals surface area contributed by atoms with Crippen LogP contribution in [0.1, 0.15) is 33.6 Å². The number of anilines is 1. The summed E-state index contributed by atoms with van der Waals surface area (Å²) in [5.41, 5.74) is 3.42. The van der Waals surface area contributed by atoms with Crippen molar-refractivity contribution in [3.63, 3.8) is 0 Å². The number of nitrogens with one attached hydrogen (secondary N) is 3. The Labute approximate surface area is 154 Å². The first-order valence-electron chi connectivity index (χ1n) is 7.94. The van der Waals surface area contributed by atoms with Gasteiger partial charge in [-0.25, -0.2) is 9.78 Å². The van der Waals surface area contributed by atoms with Crippen molar-refractivity contribution in [2.24, 2.45) is 0 Å². The van der Waals surface area contributed by atoms with Gasteiger partial charge in [0, 0.05) is 17.6 Å². The van der Waals surface area contributed by atoms with Crippen LogP contribution in [0.4, 0.5) is 5.69 Å². The first kappa shape index (κ1) is 17.8. The minimum atomic E-state index is -0.403. The van der Waals surface area contributed by atoms with Crippen LogP contribution in [-0.2, 0) is 11.2 Å². The molecule has 3 N–H and O–H groups in total. The molecular formula is C18H17ClN4O3. The van der Waals surface area contributed by atoms with Crippen LogP contribution in [0.2, 0.25) is 5.15 Å². The monoisotopic (exact) mass is 372 g/mol. The average molecular weight is 373 g/mol. The number of nitrogens with zero attached hydrogens (tertiary/aromatic N) is 1. The summed E-state index contributed by atoms with van der Waals surface area (Å²) in [5.74, 6) is -0.602. The zero-order valence-corrected chi connectivity index (χ0v) is 15.0. The van der Waals surface area contributed by atoms with E-state index in [1.54, 1.807) is 24.4 Å². The zero-order chi connectivity index (χ0) is 18.7. The number of halogens is 1. The second-order valence-electron chi connectivity index (χ2n) is 5.53. The summed E-state index contributed by atoms with van der Waals surface area (Å²) < 4.78 is 4.68. The molecule has 3 rings (SSSR count). The lowest BCUT2D eigenvalue weighted by Gasteiger charge is -2.04. The molecule has 0 saturated carbocycles. The number of imidazole rings is 1. The number of methoxy groups -OCH3 is 1. The van der Waals surface area contributed by atoms with Gasteiger partial charge in [-0.3, -0.25) is 4.79 Å². The number of amides is 1. The number of H-pyrrole nitrogens is 2. The fourth-order valence-corrected chi connectivity index (χ4v) is 2.72. The van der Waals surface area contributed by atoms with Crippen LogP contribution in [0.15, 0.2) is 36.5 Å². The number of rotatable bonds is 5. The third-order valence-corrected chi connectivity index (χ3v) is 4.17. The van der Waals surface area contributed by atoms with Crippen LogP contribution >= 0.6 is 11.6 Å². The van der Waals surface area contributed by atoms with Crippen LogP contribution in [-0.4, -0.2) is 33.9 Å². The lowest BCUT2D eigenvalue weighted by Crippen LogP contribution is -2.13. The molecule has 0 atom stereocenters. The van der Waals surface area contributed by atoms with E-state index in [1.807, 2.05) is 19.1 Å². The highest BCUT2D eigenvalue weighted by Crippen LogP contribution is 2.22. The van der Waals surface area contributed by atoms with Crippen LogP contribution in [0.3, 0.4) is 0 Å². The topological polar surface area (TPSA) is 99.9 Å². The predicted octanol–water partition coefficient (Wildman–Crippen LogP) is 3.66. The second kappa shape index (κ2) is 7.45. The number of esters is 1. The maximum atomic E-state index is 12.2. The molecule has 26 heavy (non-hydrogen) atoms. The number of carbonyl (C=O) groups is 2. The van der Waals surface area contributed by atoms with Gasteiger partial charge in [-0.1, -0.05) is 30.7 Å². The highest BCUT2D eigenvalue weighted by Gasteiger charge is 2.14. The Bertz CT molecular complexity index is 944. The minimum Gasteiger partial charge on any atom is -0.465 e. The standard InChI is InChI=1S/C18H17ClN4O3/c1-3-13-15(19)23-16(22-13)17(24)21-12-6-4-10(5-7-12)14-8-11(9-20-14)18(25)26-2/h4-9,20H,3H2,1-2H3,(H,21,24)(H,22,23). The molecule has 1 amide bonds. The van der Waals surface area contributed by atoms with Gasteiger partial charge in [-0.2, -0.15) is 0 Å². The van der Waals surface area contributed by atoms with Crippen molar-refractivity contribution in [2.45, 2.75) is 13.3 Å². The van der Waals surface area contributed by atoms with Gasteiger partial charge in [0.1, 0.15) is 0 Å². The van der Waals surface area contributed by atoms with Gasteiger partial charge >= 0.3 is 5.97 Å². The highest BCUT2D eigenvalue weighted by atomic mass is 35.5. The average Bonchev–Trinajstić information content (AvgIpc) is 3.28. The summed E-state index contributed by atoms with van der Waals surface area (Å²) in [6.45, 7) is 1.92. The molecule has 0 fully saturated rings. The van der Waals surface area contributed by atoms with E-state index in [0.29, 0.717) is 22.8 Å². The summed E-state index contributed by atoms with van der Waals surface area (Å²) in [6, 6.07) is 8.88. The first-order valence-corrected chi connectivity index (χ1v) is 8.32. The Morgan fingerprint density at radius 1 is 1.27 bits per heavy atom. The van der Waals surface area contributed by atoms with Crippen molar-refractivity contribution >= 4 is 29.2 Å². The number of benzene rings is 1. The lowest BCUT2D eigenvalue weighted by molar-refractivity contribution is 0.0601. The van der Waals surface area contributed by atoms with Crippen molar-refractivity contribution in [3.8, 4) is 11.3 Å². The van der Waals surface area contributed by atoms with Crippen LogP contribution in [0, 0.1) is 0 Å². The smallest absolute Gasteiger partial charge is 0.339 e. The van der Waals surface area contributed by atoms with E-state index in [9.17, 15) is 9.59 Å². The van der Waals surface area contributed by atoms with Gasteiger partial charge in [0.2, 0.25) is 0 Å². The molecule has 0 bridgehead atoms. The van der Waals surface area contributed by atoms with Crippen molar-refractivity contribution < 1.29 is 14.3 Å². The number of hydrogen-bond acceptors (Lipinski definition) is 4. The molecule has 7 nitrogen and oxygen atoms in total. The summed E-state index contributed by atoms with van der Waals surface area (Å²) in [4.78, 5) is 33.7. The molecular weight excluding hydrogens is 356 g/mol. The maximum Gasteiger partial charge on any atom is 0.339 e. The number of carbonyl (C=O) groups excluding carboxylic acids is 2. The van der Waals surface area contributed by atoms with Gasteiger partial charge < -0.3 is 20.0 Å². The normalized spacial score (nSPS) is 10.6. The summed E-state index contributed by atoms with van der Waals surface area (Å²) in [6.07, 6.45) is 2.25. The van der Waals surface area contributed by atoms with Gasteiger partial charge in [-0.15, -0.1) is 0 Å². The summed E-state index contributed by atoms with van der Waals surface area (Å²) in [5, 5.41) is 3.07. The third-order valence-electron chi connectivity index (χ3n) is 3.85. The van der Waals surface area contributed by atoms with E-state index < -0.39 is 5.97 Å². The summed E-state index contributed by atoms with van der Waals surface area (Å²) >= 11 is 5.96. The zero-order valence-electron chi connectivity index (χ0n) is 14.2. The fraction of sp³-hybridized carbons (Fsp3) is 0.167. The fourth-order valence-electron chi connectivity index (χ4n) is 2.45. The van der Waals surface area contributed by atoms with Crippen LogP contribution in [0.25, 0.3) is 11.3 Å². The number of aromatic nitrogens is 3. The molecule has 8 heteroatoms. The Balaban J connectivity index is 1.72. The third kappa shape index (κ3) is 3.62. The quantitative estimate of drug-likeness (QED) is 0.595. The molecule has 0 aliphatic rings. The highest BCUT2D eigenvalue weighted by molar-refractivity contribution is 6.30. The molecule has 2 heterocycles. The van der Waals surface area contributed by atoms with E-state index in [2.05, 4.69) is 25.0 Å². The SMILES string of the molecule is CCc1[nH]c(C(=O)Nc2ccc(-c3cc(C(=O)OC)c[nH]3)cc2)nc1Cl. The molecule has 0 spiro atoms. The Morgan fingerprint density at radius 2 is 2.00 bits per heavy atom. The van der Waals surface area contributed by atoms with E-state index >= 15 is 0 Å². The molecule has 0 radical (unpaired) electrons. The van der Waals surface area contributed by atoms with Gasteiger partial charge in [0.25, 0.3) is 5.91 Å². The van der Waals surface area contributed by atoms with Crippen LogP contribution in [0.5, 0.6) is 0 Å². The number of hydrogen-bond donors (Lipinski definition) is 3. The molecule has 0 aliphatic heterocycles. The molecule has 3 aromatic rings. The van der Waals surface area contributed by atoms with E-state index in [-0.39, 0.29) is 11.7 Å². The predicted molar refractivity (Wildman–Crippen MR) is 98.5 cm³/mol. The van der Waals surface area contributed by atoms with Gasteiger partial charge in [0.05, 0.1) is 18.4 Å². The Hall–Kier alpha value is -3.06. The van der Waals surface area contributed by atoms with Crippen molar-refractivity contribution in [3.05, 3.63) is 58.8 Å². The van der Waals surface area contributed by atoms with E-state index in [0.717, 1.165) is 17.0 Å². The number of aryl methyl sites for hydroxylation is 1. The van der Waals surface area contributed by atoms with Crippen LogP contribution < -0.4 is 5.32 Å². The number of aromatic amines is 2. The van der Waals surface area contributed by atoms with E-state index in [4.69, 9.17) is 11.6 Å². The minimum absolute atomic E-state index is 0.169. The van der Waals surface area contributed by atoms with E-state index in [1.165, 1.54) is 7.11 Å². The van der Waals surface area contributed by atoms with Crippen molar-refractivity contribution in [1.29, 1.82) is 0 Å². The van der Waals surface area contributed by atoms with Crippen molar-refractivity contribution in [2.75, 3.05) is 12.4 Å². The summed E-state index contributed by atoms with van der Waals surface area (Å²) in [7, 11) is 1.34. The molecule has 2 aromatic heterocycles. The van der Waals surface area contributed by atoms with Crippen molar-refractivity contribution in [1.82, 2.24) is 15.0 Å². The Kier molecular flexibility index (Phi) is 5.09. The van der Waals surface area contributed by atoms with Gasteiger partial charge in [-0.05, 0) is 30.2 Å². The molecule has 1 aromatic carbocycles. The molecule has 0 aliphatic carbocycles. The van der Waals surface area contributed by atoms with Gasteiger partial charge in [0.15, 0.2) is 11.0 Å². The Morgan fingerprint density at radius 3 is 2.62 bits per heavy atom. The first-order chi connectivity index (χ1) is 12.5. The molecule has 0 saturated heterocycles. The number of ether oxygens (including phenoxy) is 1.